The van der Waals surface area contributed by atoms with Crippen molar-refractivity contribution in [2.45, 2.75) is 38.8 Å². The summed E-state index contributed by atoms with van der Waals surface area (Å²) in [6, 6.07) is 21.9. The average Bonchev–Trinajstić information content (AvgIpc) is 3.38. The summed E-state index contributed by atoms with van der Waals surface area (Å²) >= 11 is 0. The fourth-order valence-electron chi connectivity index (χ4n) is 5.08. The second-order valence-corrected chi connectivity index (χ2v) is 10.2. The Kier molecular flexibility index (Phi) is 8.37. The Morgan fingerprint density at radius 2 is 1.82 bits per heavy atom. The first-order valence-corrected chi connectivity index (χ1v) is 13.6. The standard InChI is InChI=1S/C32H34FN3O3/c1-23(21-34-32(38)27-9-13-29(14-10-27)36-17-3-6-31(36)37)39-30-5-2-4-24(20-30)22-35-18-15-26(16-19-35)25-7-11-28(33)12-8-25/h2,4-5,7-15,20,23H,3,6,16-19,21-22H2,1H3,(H,34,38)/t23-/m0/s1. The molecule has 3 aromatic carbocycles. The van der Waals surface area contributed by atoms with E-state index in [2.05, 4.69) is 28.4 Å². The van der Waals surface area contributed by atoms with E-state index in [1.807, 2.05) is 43.3 Å². The van der Waals surface area contributed by atoms with Crippen LogP contribution in [0, 0.1) is 5.82 Å². The summed E-state index contributed by atoms with van der Waals surface area (Å²) < 4.78 is 19.3. The number of anilines is 1. The van der Waals surface area contributed by atoms with E-state index in [-0.39, 0.29) is 23.7 Å². The fourth-order valence-corrected chi connectivity index (χ4v) is 5.08. The molecule has 6 nitrogen and oxygen atoms in total. The van der Waals surface area contributed by atoms with Gasteiger partial charge in [0, 0.05) is 43.9 Å². The SMILES string of the molecule is C[C@@H](CNC(=O)c1ccc(N2CCCC2=O)cc1)Oc1cccc(CN2CC=C(c3ccc(F)cc3)CC2)c1. The third-order valence-electron chi connectivity index (χ3n) is 7.21. The lowest BCUT2D eigenvalue weighted by Crippen LogP contribution is -2.33. The highest BCUT2D eigenvalue weighted by atomic mass is 19.1. The third kappa shape index (κ3) is 6.92. The average molecular weight is 528 g/mol. The van der Waals surface area contributed by atoms with Gasteiger partial charge in [-0.25, -0.2) is 4.39 Å². The molecule has 0 radical (unpaired) electrons. The van der Waals surface area contributed by atoms with Crippen LogP contribution in [0.15, 0.2) is 78.9 Å². The Morgan fingerprint density at radius 3 is 2.51 bits per heavy atom. The van der Waals surface area contributed by atoms with Crippen LogP contribution < -0.4 is 15.0 Å². The zero-order chi connectivity index (χ0) is 27.2. The van der Waals surface area contributed by atoms with Crippen LogP contribution in [0.2, 0.25) is 0 Å². The summed E-state index contributed by atoms with van der Waals surface area (Å²) in [6.45, 7) is 5.63. The van der Waals surface area contributed by atoms with Crippen molar-refractivity contribution >= 4 is 23.1 Å². The predicted molar refractivity (Wildman–Crippen MR) is 151 cm³/mol. The predicted octanol–water partition coefficient (Wildman–Crippen LogP) is 5.44. The number of hydrogen-bond acceptors (Lipinski definition) is 4. The monoisotopic (exact) mass is 527 g/mol. The maximum Gasteiger partial charge on any atom is 0.251 e. The minimum atomic E-state index is -0.210. The number of rotatable bonds is 9. The largest absolute Gasteiger partial charge is 0.489 e. The molecule has 0 aromatic heterocycles. The molecule has 0 unspecified atom stereocenters. The first-order valence-electron chi connectivity index (χ1n) is 13.6. The lowest BCUT2D eigenvalue weighted by atomic mass is 9.99. The molecule has 1 saturated heterocycles. The summed E-state index contributed by atoms with van der Waals surface area (Å²) in [5.74, 6) is 0.522. The molecule has 3 aromatic rings. The molecular formula is C32H34FN3O3. The van der Waals surface area contributed by atoms with Crippen LogP contribution in [0.4, 0.5) is 10.1 Å². The molecule has 1 N–H and O–H groups in total. The maximum absolute atomic E-state index is 13.2. The van der Waals surface area contributed by atoms with Gasteiger partial charge in [0.05, 0.1) is 6.54 Å². The molecule has 0 saturated carbocycles. The lowest BCUT2D eigenvalue weighted by molar-refractivity contribution is -0.117. The molecule has 2 amide bonds. The highest BCUT2D eigenvalue weighted by Gasteiger charge is 2.22. The van der Waals surface area contributed by atoms with Crippen molar-refractivity contribution in [2.75, 3.05) is 31.1 Å². The van der Waals surface area contributed by atoms with Crippen molar-refractivity contribution in [2.24, 2.45) is 0 Å². The van der Waals surface area contributed by atoms with E-state index in [1.54, 1.807) is 17.0 Å². The van der Waals surface area contributed by atoms with Gasteiger partial charge in [0.25, 0.3) is 5.91 Å². The highest BCUT2D eigenvalue weighted by molar-refractivity contribution is 5.97. The summed E-state index contributed by atoms with van der Waals surface area (Å²) in [5, 5.41) is 2.94. The smallest absolute Gasteiger partial charge is 0.251 e. The number of nitrogens with one attached hydrogen (secondary N) is 1. The van der Waals surface area contributed by atoms with E-state index in [0.29, 0.717) is 18.5 Å². The van der Waals surface area contributed by atoms with Gasteiger partial charge in [0.15, 0.2) is 0 Å². The third-order valence-corrected chi connectivity index (χ3v) is 7.21. The molecule has 1 atom stereocenters. The molecule has 39 heavy (non-hydrogen) atoms. The van der Waals surface area contributed by atoms with Gasteiger partial charge in [-0.15, -0.1) is 0 Å². The Hall–Kier alpha value is -3.97. The quantitative estimate of drug-likeness (QED) is 0.403. The number of nitrogens with zero attached hydrogens (tertiary/aromatic N) is 2. The van der Waals surface area contributed by atoms with Crippen molar-refractivity contribution in [1.29, 1.82) is 0 Å². The van der Waals surface area contributed by atoms with Crippen molar-refractivity contribution in [3.05, 3.63) is 101 Å². The number of carbonyl (C=O) groups excluding carboxylic acids is 2. The zero-order valence-electron chi connectivity index (χ0n) is 22.2. The van der Waals surface area contributed by atoms with Crippen LogP contribution in [-0.4, -0.2) is 49.0 Å². The second kappa shape index (κ2) is 12.3. The number of hydrogen-bond donors (Lipinski definition) is 1. The number of halogens is 1. The van der Waals surface area contributed by atoms with Gasteiger partial charge in [-0.2, -0.15) is 0 Å². The fraction of sp³-hybridized carbons (Fsp3) is 0.312. The van der Waals surface area contributed by atoms with Crippen LogP contribution >= 0.6 is 0 Å². The molecule has 0 spiro atoms. The molecule has 2 heterocycles. The summed E-state index contributed by atoms with van der Waals surface area (Å²) in [6.07, 6.45) is 4.40. The Bertz CT molecular complexity index is 1340. The Labute approximate surface area is 229 Å². The number of amides is 2. The van der Waals surface area contributed by atoms with Gasteiger partial charge in [-0.3, -0.25) is 14.5 Å². The van der Waals surface area contributed by atoms with E-state index >= 15 is 0 Å². The van der Waals surface area contributed by atoms with E-state index in [0.717, 1.165) is 56.0 Å². The number of ether oxygens (including phenoxy) is 1. The molecule has 0 bridgehead atoms. The zero-order valence-corrected chi connectivity index (χ0v) is 22.2. The first kappa shape index (κ1) is 26.6. The van der Waals surface area contributed by atoms with Crippen LogP contribution in [0.25, 0.3) is 5.57 Å². The van der Waals surface area contributed by atoms with E-state index in [1.165, 1.54) is 23.3 Å². The van der Waals surface area contributed by atoms with Crippen molar-refractivity contribution in [3.63, 3.8) is 0 Å². The Morgan fingerprint density at radius 1 is 1.03 bits per heavy atom. The van der Waals surface area contributed by atoms with Crippen molar-refractivity contribution in [3.8, 4) is 5.75 Å². The van der Waals surface area contributed by atoms with Crippen LogP contribution in [0.5, 0.6) is 5.75 Å². The van der Waals surface area contributed by atoms with Crippen molar-refractivity contribution in [1.82, 2.24) is 10.2 Å². The highest BCUT2D eigenvalue weighted by Crippen LogP contribution is 2.25. The van der Waals surface area contributed by atoms with Crippen LogP contribution in [0.1, 0.15) is 47.7 Å². The molecule has 1 fully saturated rings. The topological polar surface area (TPSA) is 61.9 Å². The summed E-state index contributed by atoms with van der Waals surface area (Å²) in [4.78, 5) is 28.7. The van der Waals surface area contributed by atoms with Gasteiger partial charge >= 0.3 is 0 Å². The number of carbonyl (C=O) groups is 2. The van der Waals surface area contributed by atoms with E-state index in [4.69, 9.17) is 4.74 Å². The normalized spacial score (nSPS) is 16.6. The molecule has 7 heteroatoms. The van der Waals surface area contributed by atoms with Crippen molar-refractivity contribution < 1.29 is 18.7 Å². The van der Waals surface area contributed by atoms with Crippen LogP contribution in [0.3, 0.4) is 0 Å². The lowest BCUT2D eigenvalue weighted by Gasteiger charge is -2.26. The summed E-state index contributed by atoms with van der Waals surface area (Å²) in [7, 11) is 0. The molecule has 0 aliphatic carbocycles. The second-order valence-electron chi connectivity index (χ2n) is 10.2. The molecule has 2 aliphatic heterocycles. The molecule has 202 valence electrons. The minimum Gasteiger partial charge on any atom is -0.489 e. The van der Waals surface area contributed by atoms with Crippen LogP contribution in [-0.2, 0) is 11.3 Å². The van der Waals surface area contributed by atoms with Gasteiger partial charge in [-0.1, -0.05) is 30.3 Å². The van der Waals surface area contributed by atoms with E-state index < -0.39 is 0 Å². The van der Waals surface area contributed by atoms with E-state index in [9.17, 15) is 14.0 Å². The first-order chi connectivity index (χ1) is 18.9. The molecule has 5 rings (SSSR count). The van der Waals surface area contributed by atoms with Gasteiger partial charge in [0.1, 0.15) is 17.7 Å². The molecular weight excluding hydrogens is 493 g/mol. The minimum absolute atomic E-state index is 0.131. The Balaban J connectivity index is 1.09. The summed E-state index contributed by atoms with van der Waals surface area (Å²) in [5.41, 5.74) is 4.90. The van der Waals surface area contributed by atoms with Gasteiger partial charge < -0.3 is 15.0 Å². The van der Waals surface area contributed by atoms with Gasteiger partial charge in [0.2, 0.25) is 5.91 Å². The maximum atomic E-state index is 13.2. The molecule has 2 aliphatic rings. The number of benzene rings is 3. The van der Waals surface area contributed by atoms with Gasteiger partial charge in [-0.05, 0) is 85.0 Å².